The maximum Gasteiger partial charge on any atom is 0.287 e. The van der Waals surface area contributed by atoms with Crippen molar-refractivity contribution in [2.75, 3.05) is 6.54 Å². The number of nitrogens with one attached hydrogen (secondary N) is 1. The number of nitrogens with two attached hydrogens (primary N) is 1. The predicted molar refractivity (Wildman–Crippen MR) is 61.1 cm³/mol. The molecule has 1 aromatic heterocycles. The predicted octanol–water partition coefficient (Wildman–Crippen LogP) is 1.31. The first-order valence-electron chi connectivity index (χ1n) is 5.84. The van der Waals surface area contributed by atoms with E-state index in [1.807, 2.05) is 13.0 Å². The van der Waals surface area contributed by atoms with Crippen LogP contribution >= 0.6 is 0 Å². The fraction of sp³-hybridized carbons (Fsp3) is 0.583. The van der Waals surface area contributed by atoms with Gasteiger partial charge in [0, 0.05) is 19.0 Å². The molecule has 1 heterocycles. The van der Waals surface area contributed by atoms with E-state index in [4.69, 9.17) is 10.2 Å². The van der Waals surface area contributed by atoms with Crippen LogP contribution in [0, 0.1) is 5.92 Å². The third kappa shape index (κ3) is 2.44. The monoisotopic (exact) mass is 222 g/mol. The Morgan fingerprint density at radius 2 is 2.38 bits per heavy atom. The van der Waals surface area contributed by atoms with Crippen LogP contribution in [0.15, 0.2) is 16.5 Å². The van der Waals surface area contributed by atoms with Crippen molar-refractivity contribution in [3.8, 4) is 0 Å². The van der Waals surface area contributed by atoms with Crippen molar-refractivity contribution in [2.24, 2.45) is 11.7 Å². The third-order valence-corrected chi connectivity index (χ3v) is 3.00. The standard InChI is InChI=1S/C12H18N2O2/c1-2-9-5-6-11(16-9)12(15)14-10(7-13)8-3-4-8/h5-6,8,10H,2-4,7,13H2,1H3,(H,14,15). The molecule has 4 heteroatoms. The lowest BCUT2D eigenvalue weighted by molar-refractivity contribution is 0.0903. The first kappa shape index (κ1) is 11.2. The van der Waals surface area contributed by atoms with E-state index in [0.29, 0.717) is 18.2 Å². The first-order chi connectivity index (χ1) is 7.74. The number of hydrogen-bond acceptors (Lipinski definition) is 3. The fourth-order valence-corrected chi connectivity index (χ4v) is 1.80. The minimum atomic E-state index is -0.151. The molecule has 3 N–H and O–H groups in total. The molecule has 1 aromatic rings. The molecular formula is C12H18N2O2. The largest absolute Gasteiger partial charge is 0.456 e. The van der Waals surface area contributed by atoms with E-state index in [1.54, 1.807) is 6.07 Å². The van der Waals surface area contributed by atoms with Crippen LogP contribution in [0.5, 0.6) is 0 Å². The quantitative estimate of drug-likeness (QED) is 0.789. The normalized spacial score (nSPS) is 17.1. The Labute approximate surface area is 95.2 Å². The van der Waals surface area contributed by atoms with Gasteiger partial charge < -0.3 is 15.5 Å². The molecule has 88 valence electrons. The SMILES string of the molecule is CCc1ccc(C(=O)NC(CN)C2CC2)o1. The van der Waals surface area contributed by atoms with Crippen molar-refractivity contribution in [3.05, 3.63) is 23.7 Å². The Hall–Kier alpha value is -1.29. The number of rotatable bonds is 5. The van der Waals surface area contributed by atoms with E-state index in [2.05, 4.69) is 5.32 Å². The van der Waals surface area contributed by atoms with Crippen molar-refractivity contribution in [1.82, 2.24) is 5.32 Å². The molecule has 0 saturated heterocycles. The molecule has 2 rings (SSSR count). The fourth-order valence-electron chi connectivity index (χ4n) is 1.80. The highest BCUT2D eigenvalue weighted by molar-refractivity contribution is 5.91. The third-order valence-electron chi connectivity index (χ3n) is 3.00. The van der Waals surface area contributed by atoms with E-state index in [1.165, 1.54) is 12.8 Å². The molecule has 0 aromatic carbocycles. The van der Waals surface area contributed by atoms with Gasteiger partial charge >= 0.3 is 0 Å². The van der Waals surface area contributed by atoms with Gasteiger partial charge in [-0.3, -0.25) is 4.79 Å². The average Bonchev–Trinajstić information content (AvgIpc) is 3.02. The molecule has 1 aliphatic carbocycles. The molecule has 1 fully saturated rings. The maximum atomic E-state index is 11.8. The Kier molecular flexibility index (Phi) is 3.29. The zero-order chi connectivity index (χ0) is 11.5. The van der Waals surface area contributed by atoms with Crippen LogP contribution in [0.4, 0.5) is 0 Å². The van der Waals surface area contributed by atoms with Crippen molar-refractivity contribution in [1.29, 1.82) is 0 Å². The zero-order valence-electron chi connectivity index (χ0n) is 9.53. The number of amides is 1. The molecule has 0 spiro atoms. The molecule has 1 atom stereocenters. The molecule has 0 radical (unpaired) electrons. The topological polar surface area (TPSA) is 68.3 Å². The zero-order valence-corrected chi connectivity index (χ0v) is 9.53. The summed E-state index contributed by atoms with van der Waals surface area (Å²) in [5.41, 5.74) is 5.63. The van der Waals surface area contributed by atoms with Gasteiger partial charge in [-0.15, -0.1) is 0 Å². The van der Waals surface area contributed by atoms with Crippen LogP contribution in [-0.2, 0) is 6.42 Å². The van der Waals surface area contributed by atoms with Gasteiger partial charge in [0.05, 0.1) is 0 Å². The summed E-state index contributed by atoms with van der Waals surface area (Å²) in [5.74, 6) is 1.63. The van der Waals surface area contributed by atoms with E-state index in [-0.39, 0.29) is 11.9 Å². The molecular weight excluding hydrogens is 204 g/mol. The summed E-state index contributed by atoms with van der Waals surface area (Å²) >= 11 is 0. The second-order valence-corrected chi connectivity index (χ2v) is 4.27. The van der Waals surface area contributed by atoms with E-state index >= 15 is 0 Å². The van der Waals surface area contributed by atoms with E-state index < -0.39 is 0 Å². The van der Waals surface area contributed by atoms with Crippen molar-refractivity contribution in [3.63, 3.8) is 0 Å². The van der Waals surface area contributed by atoms with Crippen LogP contribution in [0.1, 0.15) is 36.1 Å². The molecule has 0 bridgehead atoms. The van der Waals surface area contributed by atoms with Gasteiger partial charge in [0.2, 0.25) is 0 Å². The van der Waals surface area contributed by atoms with Gasteiger partial charge in [-0.1, -0.05) is 6.92 Å². The van der Waals surface area contributed by atoms with Crippen LogP contribution < -0.4 is 11.1 Å². The second kappa shape index (κ2) is 4.70. The summed E-state index contributed by atoms with van der Waals surface area (Å²) in [4.78, 5) is 11.8. The van der Waals surface area contributed by atoms with Gasteiger partial charge in [-0.2, -0.15) is 0 Å². The second-order valence-electron chi connectivity index (χ2n) is 4.27. The lowest BCUT2D eigenvalue weighted by Crippen LogP contribution is -2.41. The van der Waals surface area contributed by atoms with Crippen molar-refractivity contribution >= 4 is 5.91 Å². The average molecular weight is 222 g/mol. The highest BCUT2D eigenvalue weighted by Gasteiger charge is 2.31. The van der Waals surface area contributed by atoms with E-state index in [0.717, 1.165) is 12.2 Å². The minimum Gasteiger partial charge on any atom is -0.456 e. The molecule has 1 amide bonds. The minimum absolute atomic E-state index is 0.0997. The number of furan rings is 1. The lowest BCUT2D eigenvalue weighted by Gasteiger charge is -2.14. The molecule has 1 unspecified atom stereocenters. The number of carbonyl (C=O) groups excluding carboxylic acids is 1. The van der Waals surface area contributed by atoms with Gasteiger partial charge in [-0.05, 0) is 30.9 Å². The molecule has 1 aliphatic rings. The summed E-state index contributed by atoms with van der Waals surface area (Å²) in [7, 11) is 0. The number of carbonyl (C=O) groups is 1. The van der Waals surface area contributed by atoms with Gasteiger partial charge in [0.15, 0.2) is 5.76 Å². The van der Waals surface area contributed by atoms with Crippen LogP contribution in [0.2, 0.25) is 0 Å². The van der Waals surface area contributed by atoms with Gasteiger partial charge in [-0.25, -0.2) is 0 Å². The highest BCUT2D eigenvalue weighted by atomic mass is 16.3. The summed E-state index contributed by atoms with van der Waals surface area (Å²) in [5, 5.41) is 2.92. The lowest BCUT2D eigenvalue weighted by atomic mass is 10.2. The Morgan fingerprint density at radius 3 is 2.88 bits per heavy atom. The van der Waals surface area contributed by atoms with Crippen LogP contribution in [-0.4, -0.2) is 18.5 Å². The first-order valence-corrected chi connectivity index (χ1v) is 5.84. The molecule has 4 nitrogen and oxygen atoms in total. The number of hydrogen-bond donors (Lipinski definition) is 2. The maximum absolute atomic E-state index is 11.8. The van der Waals surface area contributed by atoms with Gasteiger partial charge in [0.25, 0.3) is 5.91 Å². The Balaban J connectivity index is 1.95. The Morgan fingerprint density at radius 1 is 1.62 bits per heavy atom. The van der Waals surface area contributed by atoms with Crippen LogP contribution in [0.25, 0.3) is 0 Å². The smallest absolute Gasteiger partial charge is 0.287 e. The Bertz CT molecular complexity index is 369. The van der Waals surface area contributed by atoms with E-state index in [9.17, 15) is 4.79 Å². The number of aryl methyl sites for hydroxylation is 1. The van der Waals surface area contributed by atoms with Crippen LogP contribution in [0.3, 0.4) is 0 Å². The summed E-state index contributed by atoms with van der Waals surface area (Å²) < 4.78 is 5.39. The van der Waals surface area contributed by atoms with Gasteiger partial charge in [0.1, 0.15) is 5.76 Å². The van der Waals surface area contributed by atoms with Crippen molar-refractivity contribution in [2.45, 2.75) is 32.2 Å². The summed E-state index contributed by atoms with van der Waals surface area (Å²) in [6.45, 7) is 2.49. The van der Waals surface area contributed by atoms with Crippen molar-refractivity contribution < 1.29 is 9.21 Å². The summed E-state index contributed by atoms with van der Waals surface area (Å²) in [6.07, 6.45) is 3.14. The highest BCUT2D eigenvalue weighted by Crippen LogP contribution is 2.32. The molecule has 16 heavy (non-hydrogen) atoms. The molecule has 1 saturated carbocycles. The summed E-state index contributed by atoms with van der Waals surface area (Å²) in [6, 6.07) is 3.65. The molecule has 0 aliphatic heterocycles.